The van der Waals surface area contributed by atoms with Crippen LogP contribution in [0.1, 0.15) is 48.7 Å². The first-order valence-corrected chi connectivity index (χ1v) is 7.43. The molecule has 116 valence electrons. The summed E-state index contributed by atoms with van der Waals surface area (Å²) in [5.41, 5.74) is 3.77. The lowest BCUT2D eigenvalue weighted by Gasteiger charge is -2.40. The number of rotatable bonds is 7. The van der Waals surface area contributed by atoms with Gasteiger partial charge in [0.1, 0.15) is 5.82 Å². The van der Waals surface area contributed by atoms with E-state index in [-0.39, 0.29) is 11.5 Å². The fourth-order valence-corrected chi connectivity index (χ4v) is 2.54. The van der Waals surface area contributed by atoms with Gasteiger partial charge < -0.3 is 15.5 Å². The van der Waals surface area contributed by atoms with E-state index in [0.717, 1.165) is 37.8 Å². The smallest absolute Gasteiger partial charge is 0.251 e. The van der Waals surface area contributed by atoms with E-state index in [9.17, 15) is 4.79 Å². The maximum absolute atomic E-state index is 12.3. The molecular formula is C15H24N4O2. The molecule has 6 nitrogen and oxygen atoms in total. The van der Waals surface area contributed by atoms with Gasteiger partial charge in [0.25, 0.3) is 5.91 Å². The van der Waals surface area contributed by atoms with E-state index in [1.165, 1.54) is 0 Å². The Morgan fingerprint density at radius 3 is 2.76 bits per heavy atom. The number of carbonyl (C=O) groups excluding carboxylic acids is 1. The third-order valence-corrected chi connectivity index (χ3v) is 4.06. The molecule has 6 heteroatoms. The molecule has 0 saturated heterocycles. The van der Waals surface area contributed by atoms with Gasteiger partial charge >= 0.3 is 0 Å². The summed E-state index contributed by atoms with van der Waals surface area (Å²) in [5.74, 6) is 5.81. The number of hydrazine groups is 1. The van der Waals surface area contributed by atoms with Crippen LogP contribution in [0.15, 0.2) is 12.1 Å². The molecule has 21 heavy (non-hydrogen) atoms. The van der Waals surface area contributed by atoms with Crippen molar-refractivity contribution in [3.63, 3.8) is 0 Å². The number of methoxy groups -OCH3 is 1. The number of hydrogen-bond donors (Lipinski definition) is 3. The number of aromatic nitrogens is 1. The molecule has 0 radical (unpaired) electrons. The van der Waals surface area contributed by atoms with Crippen molar-refractivity contribution < 1.29 is 9.53 Å². The predicted octanol–water partition coefficient (Wildman–Crippen LogP) is 1.62. The fourth-order valence-electron chi connectivity index (χ4n) is 2.54. The Morgan fingerprint density at radius 2 is 2.24 bits per heavy atom. The van der Waals surface area contributed by atoms with E-state index in [4.69, 9.17) is 10.6 Å². The lowest BCUT2D eigenvalue weighted by atomic mass is 9.80. The first-order valence-electron chi connectivity index (χ1n) is 7.43. The van der Waals surface area contributed by atoms with Gasteiger partial charge in [-0.1, -0.05) is 13.3 Å². The monoisotopic (exact) mass is 292 g/mol. The molecule has 0 atom stereocenters. The number of aryl methyl sites for hydroxylation is 1. The minimum atomic E-state index is -0.177. The van der Waals surface area contributed by atoms with Crippen LogP contribution in [0.5, 0.6) is 0 Å². The van der Waals surface area contributed by atoms with Gasteiger partial charge in [0.2, 0.25) is 0 Å². The second-order valence-electron chi connectivity index (χ2n) is 5.55. The Bertz CT molecular complexity index is 495. The minimum Gasteiger partial charge on any atom is -0.376 e. The number of nitrogens with one attached hydrogen (secondary N) is 2. The van der Waals surface area contributed by atoms with Gasteiger partial charge in [0, 0.05) is 24.9 Å². The van der Waals surface area contributed by atoms with Gasteiger partial charge in [-0.3, -0.25) is 4.79 Å². The lowest BCUT2D eigenvalue weighted by Crippen LogP contribution is -2.49. The van der Waals surface area contributed by atoms with Crippen LogP contribution in [0.2, 0.25) is 0 Å². The summed E-state index contributed by atoms with van der Waals surface area (Å²) in [5, 5.41) is 2.95. The number of nitrogens with two attached hydrogens (primary N) is 1. The molecular weight excluding hydrogens is 268 g/mol. The largest absolute Gasteiger partial charge is 0.376 e. The number of carbonyl (C=O) groups is 1. The molecule has 0 spiro atoms. The van der Waals surface area contributed by atoms with Crippen LogP contribution < -0.4 is 16.6 Å². The van der Waals surface area contributed by atoms with Crippen molar-refractivity contribution in [2.24, 2.45) is 5.84 Å². The maximum Gasteiger partial charge on any atom is 0.251 e. The number of nitrogen functional groups attached to an aromatic ring is 1. The Kier molecular flexibility index (Phi) is 5.14. The first-order chi connectivity index (χ1) is 10.1. The van der Waals surface area contributed by atoms with Crippen LogP contribution in [0.3, 0.4) is 0 Å². The number of anilines is 1. The number of hydrogen-bond acceptors (Lipinski definition) is 5. The van der Waals surface area contributed by atoms with Crippen molar-refractivity contribution in [2.75, 3.05) is 19.1 Å². The van der Waals surface area contributed by atoms with Crippen LogP contribution in [0, 0.1) is 0 Å². The van der Waals surface area contributed by atoms with Crippen LogP contribution in [-0.4, -0.2) is 30.1 Å². The highest BCUT2D eigenvalue weighted by atomic mass is 16.5. The molecule has 1 saturated carbocycles. The van der Waals surface area contributed by atoms with Crippen molar-refractivity contribution in [2.45, 2.75) is 44.6 Å². The molecule has 0 aromatic carbocycles. The van der Waals surface area contributed by atoms with E-state index in [0.29, 0.717) is 17.9 Å². The molecule has 1 aromatic heterocycles. The van der Waals surface area contributed by atoms with Crippen LogP contribution in [-0.2, 0) is 11.2 Å². The first kappa shape index (κ1) is 15.7. The Balaban J connectivity index is 2.05. The topological polar surface area (TPSA) is 89.3 Å². The third-order valence-electron chi connectivity index (χ3n) is 4.06. The molecule has 2 rings (SSSR count). The summed E-state index contributed by atoms with van der Waals surface area (Å²) < 4.78 is 5.51. The fraction of sp³-hybridized carbons (Fsp3) is 0.600. The lowest BCUT2D eigenvalue weighted by molar-refractivity contribution is -0.0679. The summed E-state index contributed by atoms with van der Waals surface area (Å²) in [6.07, 6.45) is 4.93. The van der Waals surface area contributed by atoms with Crippen molar-refractivity contribution in [1.29, 1.82) is 0 Å². The predicted molar refractivity (Wildman–Crippen MR) is 82.0 cm³/mol. The number of amides is 1. The highest BCUT2D eigenvalue weighted by Gasteiger charge is 2.37. The second-order valence-corrected chi connectivity index (χ2v) is 5.55. The van der Waals surface area contributed by atoms with E-state index in [2.05, 4.69) is 22.7 Å². The van der Waals surface area contributed by atoms with E-state index in [1.54, 1.807) is 13.2 Å². The zero-order valence-corrected chi connectivity index (χ0v) is 12.7. The Labute approximate surface area is 125 Å². The molecule has 0 aliphatic heterocycles. The highest BCUT2D eigenvalue weighted by molar-refractivity contribution is 5.95. The van der Waals surface area contributed by atoms with Gasteiger partial charge in [-0.2, -0.15) is 0 Å². The number of ether oxygens (including phenoxy) is 1. The number of pyridine rings is 1. The average Bonchev–Trinajstić information content (AvgIpc) is 2.46. The van der Waals surface area contributed by atoms with Crippen molar-refractivity contribution in [3.05, 3.63) is 23.4 Å². The van der Waals surface area contributed by atoms with Crippen LogP contribution >= 0.6 is 0 Å². The zero-order valence-electron chi connectivity index (χ0n) is 12.7. The molecule has 0 unspecified atom stereocenters. The normalized spacial score (nSPS) is 16.1. The second kappa shape index (κ2) is 6.87. The van der Waals surface area contributed by atoms with E-state index < -0.39 is 0 Å². The Morgan fingerprint density at radius 1 is 1.48 bits per heavy atom. The summed E-state index contributed by atoms with van der Waals surface area (Å²) in [4.78, 5) is 16.6. The zero-order chi connectivity index (χ0) is 15.3. The van der Waals surface area contributed by atoms with Crippen molar-refractivity contribution in [1.82, 2.24) is 10.3 Å². The summed E-state index contributed by atoms with van der Waals surface area (Å²) in [6, 6.07) is 3.48. The molecule has 1 aliphatic carbocycles. The summed E-state index contributed by atoms with van der Waals surface area (Å²) >= 11 is 0. The van der Waals surface area contributed by atoms with Crippen molar-refractivity contribution in [3.8, 4) is 0 Å². The molecule has 4 N–H and O–H groups in total. The molecule has 0 bridgehead atoms. The molecule has 1 heterocycles. The van der Waals surface area contributed by atoms with Gasteiger partial charge in [-0.25, -0.2) is 10.8 Å². The molecule has 1 amide bonds. The van der Waals surface area contributed by atoms with Gasteiger partial charge in [-0.15, -0.1) is 0 Å². The van der Waals surface area contributed by atoms with Gasteiger partial charge in [-0.05, 0) is 37.8 Å². The summed E-state index contributed by atoms with van der Waals surface area (Å²) in [6.45, 7) is 2.61. The third kappa shape index (κ3) is 3.71. The molecule has 1 fully saturated rings. The van der Waals surface area contributed by atoms with Gasteiger partial charge in [0.15, 0.2) is 0 Å². The summed E-state index contributed by atoms with van der Waals surface area (Å²) in [7, 11) is 1.70. The maximum atomic E-state index is 12.3. The highest BCUT2D eigenvalue weighted by Crippen LogP contribution is 2.34. The Hall–Kier alpha value is -1.66. The SMILES string of the molecule is CCCc1cc(C(=O)NCC2(OC)CCC2)cc(NN)n1. The molecule has 1 aromatic rings. The van der Waals surface area contributed by atoms with Gasteiger partial charge in [0.05, 0.1) is 5.60 Å². The quantitative estimate of drug-likeness (QED) is 0.525. The minimum absolute atomic E-state index is 0.116. The van der Waals surface area contributed by atoms with Crippen molar-refractivity contribution >= 4 is 11.7 Å². The van der Waals surface area contributed by atoms with E-state index in [1.807, 2.05) is 6.07 Å². The molecule has 1 aliphatic rings. The van der Waals surface area contributed by atoms with Crippen LogP contribution in [0.25, 0.3) is 0 Å². The van der Waals surface area contributed by atoms with Crippen LogP contribution in [0.4, 0.5) is 5.82 Å². The standard InChI is InChI=1S/C15H24N4O2/c1-3-5-12-8-11(9-13(18-12)19-16)14(20)17-10-15(21-2)6-4-7-15/h8-9H,3-7,10,16H2,1-2H3,(H,17,20)(H,18,19). The average molecular weight is 292 g/mol. The number of nitrogens with zero attached hydrogens (tertiary/aromatic N) is 1. The van der Waals surface area contributed by atoms with E-state index >= 15 is 0 Å².